The Hall–Kier alpha value is -0.770. The smallest absolute Gasteiger partial charge is 0.257 e. The van der Waals surface area contributed by atoms with Crippen molar-refractivity contribution < 1.29 is 9.47 Å². The van der Waals surface area contributed by atoms with E-state index in [4.69, 9.17) is 9.47 Å². The van der Waals surface area contributed by atoms with Gasteiger partial charge in [-0.3, -0.25) is 0 Å². The van der Waals surface area contributed by atoms with Crippen molar-refractivity contribution in [2.24, 2.45) is 0 Å². The van der Waals surface area contributed by atoms with Crippen molar-refractivity contribution in [1.29, 1.82) is 0 Å². The predicted molar refractivity (Wildman–Crippen MR) is 58.9 cm³/mol. The first-order chi connectivity index (χ1) is 6.63. The van der Waals surface area contributed by atoms with E-state index in [-0.39, 0.29) is 6.10 Å². The summed E-state index contributed by atoms with van der Waals surface area (Å²) in [6.07, 6.45) is 1.79. The Labute approximate surface area is 92.6 Å². The van der Waals surface area contributed by atoms with Crippen LogP contribution in [0.25, 0.3) is 0 Å². The first-order valence-electron chi connectivity index (χ1n) is 4.58. The van der Waals surface area contributed by atoms with Crippen LogP contribution in [0, 0.1) is 0 Å². The molecule has 0 N–H and O–H groups in total. The van der Waals surface area contributed by atoms with Crippen molar-refractivity contribution in [3.63, 3.8) is 0 Å². The van der Waals surface area contributed by atoms with Gasteiger partial charge in [-0.25, -0.2) is 4.98 Å². The summed E-state index contributed by atoms with van der Waals surface area (Å²) in [5, 5.41) is 0. The molecule has 0 fully saturated rings. The van der Waals surface area contributed by atoms with Crippen LogP contribution in [0.1, 0.15) is 20.8 Å². The number of ether oxygens (including phenoxy) is 2. The highest BCUT2D eigenvalue weighted by Crippen LogP contribution is 2.28. The van der Waals surface area contributed by atoms with Gasteiger partial charge >= 0.3 is 0 Å². The molecule has 0 aliphatic heterocycles. The van der Waals surface area contributed by atoms with Crippen molar-refractivity contribution >= 4 is 15.9 Å². The average molecular weight is 260 g/mol. The van der Waals surface area contributed by atoms with Gasteiger partial charge in [-0.1, -0.05) is 0 Å². The number of halogens is 1. The van der Waals surface area contributed by atoms with Gasteiger partial charge in [0.25, 0.3) is 5.88 Å². The van der Waals surface area contributed by atoms with Crippen LogP contribution in [0.2, 0.25) is 0 Å². The zero-order valence-corrected chi connectivity index (χ0v) is 10.2. The summed E-state index contributed by atoms with van der Waals surface area (Å²) >= 11 is 3.33. The summed E-state index contributed by atoms with van der Waals surface area (Å²) in [6, 6.07) is 1.86. The molecule has 78 valence electrons. The van der Waals surface area contributed by atoms with Gasteiger partial charge in [0.05, 0.1) is 12.7 Å². The van der Waals surface area contributed by atoms with Crippen LogP contribution in [0.5, 0.6) is 11.6 Å². The lowest BCUT2D eigenvalue weighted by molar-refractivity contribution is 0.214. The summed E-state index contributed by atoms with van der Waals surface area (Å²) in [5.74, 6) is 1.22. The van der Waals surface area contributed by atoms with Crippen molar-refractivity contribution in [2.75, 3.05) is 6.61 Å². The Balaban J connectivity index is 2.89. The largest absolute Gasteiger partial charge is 0.488 e. The molecule has 14 heavy (non-hydrogen) atoms. The Morgan fingerprint density at radius 1 is 1.50 bits per heavy atom. The second kappa shape index (κ2) is 5.20. The van der Waals surface area contributed by atoms with Crippen molar-refractivity contribution in [3.8, 4) is 11.6 Å². The molecule has 1 aromatic rings. The van der Waals surface area contributed by atoms with Gasteiger partial charge in [0.2, 0.25) is 0 Å². The van der Waals surface area contributed by atoms with Crippen LogP contribution in [-0.4, -0.2) is 17.7 Å². The minimum absolute atomic E-state index is 0.0999. The van der Waals surface area contributed by atoms with Gasteiger partial charge in [0.15, 0.2) is 5.75 Å². The number of hydrogen-bond acceptors (Lipinski definition) is 3. The molecule has 0 aromatic carbocycles. The highest BCUT2D eigenvalue weighted by Gasteiger charge is 2.08. The number of rotatable bonds is 4. The van der Waals surface area contributed by atoms with Gasteiger partial charge in [-0.15, -0.1) is 0 Å². The molecular formula is C10H14BrNO2. The summed E-state index contributed by atoms with van der Waals surface area (Å²) in [7, 11) is 0. The molecule has 0 atom stereocenters. The number of nitrogens with zero attached hydrogens (tertiary/aromatic N) is 1. The molecule has 0 spiro atoms. The second-order valence-corrected chi connectivity index (χ2v) is 3.97. The third-order valence-corrected chi connectivity index (χ3v) is 1.87. The van der Waals surface area contributed by atoms with Gasteiger partial charge in [-0.05, 0) is 36.7 Å². The summed E-state index contributed by atoms with van der Waals surface area (Å²) < 4.78 is 11.8. The highest BCUT2D eigenvalue weighted by molar-refractivity contribution is 9.10. The van der Waals surface area contributed by atoms with Gasteiger partial charge in [0.1, 0.15) is 0 Å². The van der Waals surface area contributed by atoms with E-state index in [0.717, 1.165) is 4.47 Å². The monoisotopic (exact) mass is 259 g/mol. The Bertz CT molecular complexity index is 302. The third-order valence-electron chi connectivity index (χ3n) is 1.43. The molecule has 0 amide bonds. The quantitative estimate of drug-likeness (QED) is 0.833. The number of aromatic nitrogens is 1. The van der Waals surface area contributed by atoms with Gasteiger partial charge < -0.3 is 9.47 Å². The Kier molecular flexibility index (Phi) is 4.20. The van der Waals surface area contributed by atoms with E-state index in [0.29, 0.717) is 18.2 Å². The lowest BCUT2D eigenvalue weighted by Crippen LogP contribution is -2.08. The van der Waals surface area contributed by atoms with E-state index < -0.39 is 0 Å². The lowest BCUT2D eigenvalue weighted by atomic mass is 10.4. The maximum Gasteiger partial charge on any atom is 0.257 e. The number of hydrogen-bond donors (Lipinski definition) is 0. The van der Waals surface area contributed by atoms with E-state index in [1.54, 1.807) is 6.20 Å². The molecule has 0 saturated carbocycles. The molecule has 0 aliphatic rings. The molecule has 0 saturated heterocycles. The molecule has 4 heteroatoms. The maximum atomic E-state index is 5.50. The second-order valence-electron chi connectivity index (χ2n) is 3.06. The first kappa shape index (κ1) is 11.3. The summed E-state index contributed by atoms with van der Waals surface area (Å²) in [4.78, 5) is 4.14. The van der Waals surface area contributed by atoms with E-state index in [1.807, 2.05) is 26.8 Å². The predicted octanol–water partition coefficient (Wildman–Crippen LogP) is 3.03. The topological polar surface area (TPSA) is 31.4 Å². The zero-order chi connectivity index (χ0) is 10.6. The molecule has 0 aliphatic carbocycles. The normalized spacial score (nSPS) is 10.4. The fourth-order valence-electron chi connectivity index (χ4n) is 0.979. The molecule has 0 unspecified atom stereocenters. The van der Waals surface area contributed by atoms with Gasteiger partial charge in [0, 0.05) is 16.7 Å². The maximum absolute atomic E-state index is 5.50. The molecule has 0 radical (unpaired) electrons. The molecule has 0 bridgehead atoms. The minimum Gasteiger partial charge on any atom is -0.488 e. The third kappa shape index (κ3) is 3.18. The van der Waals surface area contributed by atoms with Crippen LogP contribution in [0.3, 0.4) is 0 Å². The van der Waals surface area contributed by atoms with E-state index in [2.05, 4.69) is 20.9 Å². The van der Waals surface area contributed by atoms with Crippen LogP contribution in [-0.2, 0) is 0 Å². The van der Waals surface area contributed by atoms with Gasteiger partial charge in [-0.2, -0.15) is 0 Å². The molecular weight excluding hydrogens is 246 g/mol. The standard InChI is InChI=1S/C10H14BrNO2/c1-4-13-9-5-8(11)6-12-10(9)14-7(2)3/h5-7H,4H2,1-3H3. The highest BCUT2D eigenvalue weighted by atomic mass is 79.9. The molecule has 1 rings (SSSR count). The van der Waals surface area contributed by atoms with Crippen LogP contribution < -0.4 is 9.47 Å². The Morgan fingerprint density at radius 3 is 2.79 bits per heavy atom. The summed E-state index contributed by atoms with van der Waals surface area (Å²) in [5.41, 5.74) is 0. The molecule has 1 heterocycles. The molecule has 1 aromatic heterocycles. The van der Waals surface area contributed by atoms with E-state index >= 15 is 0 Å². The minimum atomic E-state index is 0.0999. The van der Waals surface area contributed by atoms with Crippen LogP contribution >= 0.6 is 15.9 Å². The van der Waals surface area contributed by atoms with Crippen molar-refractivity contribution in [2.45, 2.75) is 26.9 Å². The zero-order valence-electron chi connectivity index (χ0n) is 8.58. The van der Waals surface area contributed by atoms with Crippen LogP contribution in [0.4, 0.5) is 0 Å². The number of pyridine rings is 1. The summed E-state index contributed by atoms with van der Waals surface area (Å²) in [6.45, 7) is 6.45. The van der Waals surface area contributed by atoms with Crippen LogP contribution in [0.15, 0.2) is 16.7 Å². The lowest BCUT2D eigenvalue weighted by Gasteiger charge is -2.12. The van der Waals surface area contributed by atoms with Crippen molar-refractivity contribution in [3.05, 3.63) is 16.7 Å². The molecule has 3 nitrogen and oxygen atoms in total. The Morgan fingerprint density at radius 2 is 2.21 bits per heavy atom. The van der Waals surface area contributed by atoms with E-state index in [9.17, 15) is 0 Å². The first-order valence-corrected chi connectivity index (χ1v) is 5.37. The van der Waals surface area contributed by atoms with Crippen molar-refractivity contribution in [1.82, 2.24) is 4.98 Å². The average Bonchev–Trinajstić information content (AvgIpc) is 2.09. The SMILES string of the molecule is CCOc1cc(Br)cnc1OC(C)C. The van der Waals surface area contributed by atoms with E-state index in [1.165, 1.54) is 0 Å². The fraction of sp³-hybridized carbons (Fsp3) is 0.500. The fourth-order valence-corrected chi connectivity index (χ4v) is 1.29.